The number of fused-ring (bicyclic) bond motifs is 13. The van der Waals surface area contributed by atoms with Crippen molar-refractivity contribution in [2.75, 3.05) is 0 Å². The summed E-state index contributed by atoms with van der Waals surface area (Å²) in [6.07, 6.45) is 5.79. The molecule has 2 aliphatic rings. The molecule has 2 heterocycles. The molecule has 0 aliphatic heterocycles. The number of imidazole rings is 1. The Morgan fingerprint density at radius 1 is 0.438 bits per heavy atom. The summed E-state index contributed by atoms with van der Waals surface area (Å²) in [6, 6.07) is 54.2. The van der Waals surface area contributed by atoms with Crippen molar-refractivity contribution in [3.8, 4) is 44.6 Å². The normalized spacial score (nSPS) is 13.6. The highest BCUT2D eigenvalue weighted by molar-refractivity contribution is 6.03. The van der Waals surface area contributed by atoms with Gasteiger partial charge in [-0.1, -0.05) is 109 Å². The smallest absolute Gasteiger partial charge is 0.234 e. The van der Waals surface area contributed by atoms with Crippen LogP contribution in [0.25, 0.3) is 72.0 Å². The summed E-state index contributed by atoms with van der Waals surface area (Å²) in [4.78, 5) is 9.09. The Kier molecular flexibility index (Phi) is 5.04. The maximum Gasteiger partial charge on any atom is 0.234 e. The predicted molar refractivity (Wildman–Crippen MR) is 195 cm³/mol. The first-order chi connectivity index (χ1) is 23.8. The summed E-state index contributed by atoms with van der Waals surface area (Å²) >= 11 is 0. The molecule has 0 saturated heterocycles. The molecule has 222 valence electrons. The molecule has 11 rings (SSSR count). The third kappa shape index (κ3) is 3.37. The van der Waals surface area contributed by atoms with Crippen molar-refractivity contribution < 1.29 is 0 Å². The molecule has 0 N–H and O–H groups in total. The van der Waals surface area contributed by atoms with Gasteiger partial charge in [-0.05, 0) is 114 Å². The molecule has 2 aliphatic carbocycles. The van der Waals surface area contributed by atoms with Gasteiger partial charge in [0.25, 0.3) is 0 Å². The Labute approximate surface area is 277 Å². The monoisotopic (exact) mass is 609 g/mol. The van der Waals surface area contributed by atoms with Gasteiger partial charge in [-0.15, -0.1) is 0 Å². The molecule has 7 aromatic carbocycles. The lowest BCUT2D eigenvalue weighted by Gasteiger charge is -2.30. The Bertz CT molecular complexity index is 2710. The lowest BCUT2D eigenvalue weighted by molar-refractivity contribution is 0.796. The summed E-state index contributed by atoms with van der Waals surface area (Å²) in [5, 5.41) is 5.06. The highest BCUT2D eigenvalue weighted by Gasteiger charge is 2.51. The first-order valence-corrected chi connectivity index (χ1v) is 16.5. The third-order valence-electron chi connectivity index (χ3n) is 10.7. The van der Waals surface area contributed by atoms with Crippen LogP contribution in [0.5, 0.6) is 0 Å². The minimum Gasteiger partial charge on any atom is -0.291 e. The number of nitrogens with zero attached hydrogens (tertiary/aromatic N) is 3. The molecule has 2 aromatic heterocycles. The van der Waals surface area contributed by atoms with Gasteiger partial charge < -0.3 is 0 Å². The maximum atomic E-state index is 4.71. The first-order valence-electron chi connectivity index (χ1n) is 16.5. The Morgan fingerprint density at radius 3 is 1.73 bits per heavy atom. The molecule has 0 saturated carbocycles. The van der Waals surface area contributed by atoms with E-state index in [1.54, 1.807) is 6.20 Å². The van der Waals surface area contributed by atoms with E-state index in [9.17, 15) is 0 Å². The van der Waals surface area contributed by atoms with E-state index < -0.39 is 0 Å². The van der Waals surface area contributed by atoms with Gasteiger partial charge in [0.1, 0.15) is 0 Å². The van der Waals surface area contributed by atoms with Crippen molar-refractivity contribution in [2.24, 2.45) is 0 Å². The summed E-state index contributed by atoms with van der Waals surface area (Å²) in [5.74, 6) is 0.708. The molecule has 0 atom stereocenters. The average molecular weight is 610 g/mol. The van der Waals surface area contributed by atoms with Gasteiger partial charge in [-0.3, -0.25) is 4.40 Å². The van der Waals surface area contributed by atoms with Crippen LogP contribution in [0, 0.1) is 0 Å². The van der Waals surface area contributed by atoms with Gasteiger partial charge in [0.2, 0.25) is 5.78 Å². The van der Waals surface area contributed by atoms with Crippen LogP contribution in [0.3, 0.4) is 0 Å². The average Bonchev–Trinajstić information content (AvgIpc) is 3.80. The van der Waals surface area contributed by atoms with Crippen LogP contribution in [0.2, 0.25) is 0 Å². The molecular weight excluding hydrogens is 583 g/mol. The summed E-state index contributed by atoms with van der Waals surface area (Å²) in [7, 11) is 0. The fourth-order valence-electron chi connectivity index (χ4n) is 8.55. The number of hydrogen-bond donors (Lipinski definition) is 0. The second-order valence-electron chi connectivity index (χ2n) is 13.1. The topological polar surface area (TPSA) is 30.2 Å². The molecule has 3 nitrogen and oxygen atoms in total. The number of aromatic nitrogens is 3. The maximum absolute atomic E-state index is 4.71. The molecule has 3 heteroatoms. The first kappa shape index (κ1) is 25.8. The van der Waals surface area contributed by atoms with Crippen LogP contribution in [0.4, 0.5) is 0 Å². The third-order valence-corrected chi connectivity index (χ3v) is 10.7. The molecule has 0 amide bonds. The predicted octanol–water partition coefficient (Wildman–Crippen LogP) is 10.7. The molecule has 48 heavy (non-hydrogen) atoms. The van der Waals surface area contributed by atoms with E-state index in [0.717, 1.165) is 11.3 Å². The SMILES string of the molecule is c1ccc2c(c1)-c1ccccc1C21c2cc3ccccc3cc2-c2cc3ccc(-c4ccc(-c5cn6cccnc6n5)cc4)cc3cc21. The number of benzene rings is 7. The van der Waals surface area contributed by atoms with E-state index in [4.69, 9.17) is 4.98 Å². The molecule has 9 aromatic rings. The van der Waals surface area contributed by atoms with Crippen molar-refractivity contribution in [1.29, 1.82) is 0 Å². The summed E-state index contributed by atoms with van der Waals surface area (Å²) < 4.78 is 1.96. The minimum atomic E-state index is -0.378. The fourth-order valence-corrected chi connectivity index (χ4v) is 8.55. The largest absolute Gasteiger partial charge is 0.291 e. The van der Waals surface area contributed by atoms with Crippen LogP contribution in [-0.4, -0.2) is 14.4 Å². The highest BCUT2D eigenvalue weighted by atomic mass is 15.1. The lowest BCUT2D eigenvalue weighted by Crippen LogP contribution is -2.25. The van der Waals surface area contributed by atoms with E-state index in [1.165, 1.54) is 77.2 Å². The second kappa shape index (κ2) is 9.37. The number of hydrogen-bond acceptors (Lipinski definition) is 2. The molecule has 0 radical (unpaired) electrons. The number of rotatable bonds is 2. The van der Waals surface area contributed by atoms with Gasteiger partial charge >= 0.3 is 0 Å². The van der Waals surface area contributed by atoms with Crippen LogP contribution in [0.1, 0.15) is 22.3 Å². The van der Waals surface area contributed by atoms with Gasteiger partial charge in [0, 0.05) is 24.2 Å². The van der Waals surface area contributed by atoms with Gasteiger partial charge in [0.15, 0.2) is 0 Å². The van der Waals surface area contributed by atoms with E-state index in [-0.39, 0.29) is 5.41 Å². The van der Waals surface area contributed by atoms with Gasteiger partial charge in [-0.25, -0.2) is 9.97 Å². The molecule has 0 fully saturated rings. The molecule has 0 bridgehead atoms. The molecular formula is C45H27N3. The van der Waals surface area contributed by atoms with Gasteiger partial charge in [-0.2, -0.15) is 0 Å². The zero-order valence-corrected chi connectivity index (χ0v) is 25.9. The summed E-state index contributed by atoms with van der Waals surface area (Å²) in [6.45, 7) is 0. The minimum absolute atomic E-state index is 0.378. The van der Waals surface area contributed by atoms with Crippen LogP contribution in [0.15, 0.2) is 164 Å². The van der Waals surface area contributed by atoms with E-state index in [0.29, 0.717) is 5.78 Å². The van der Waals surface area contributed by atoms with Crippen molar-refractivity contribution >= 4 is 27.3 Å². The zero-order chi connectivity index (χ0) is 31.4. The fraction of sp³-hybridized carbons (Fsp3) is 0.0222. The molecule has 1 spiro atoms. The standard InChI is InChI=1S/C45H27N3/c1-2-9-31-25-41-37(23-30(31)8-1)38-24-33-19-18-32(28-14-16-29(17-15-28)43-27-48-21-7-20-46-44(48)47-43)22-34(33)26-42(38)45(41)39-12-5-3-10-35(39)36-11-4-6-13-40(36)45/h1-27H. The van der Waals surface area contributed by atoms with Crippen molar-refractivity contribution in [3.05, 3.63) is 186 Å². The van der Waals surface area contributed by atoms with Crippen molar-refractivity contribution in [2.45, 2.75) is 5.41 Å². The van der Waals surface area contributed by atoms with Crippen molar-refractivity contribution in [1.82, 2.24) is 14.4 Å². The Hall–Kier alpha value is -6.32. The van der Waals surface area contributed by atoms with E-state index >= 15 is 0 Å². The second-order valence-corrected chi connectivity index (χ2v) is 13.1. The van der Waals surface area contributed by atoms with Crippen molar-refractivity contribution in [3.63, 3.8) is 0 Å². The highest BCUT2D eigenvalue weighted by Crippen LogP contribution is 2.63. The zero-order valence-electron chi connectivity index (χ0n) is 25.9. The summed E-state index contributed by atoms with van der Waals surface area (Å²) in [5.41, 5.74) is 14.8. The van der Waals surface area contributed by atoms with E-state index in [2.05, 4.69) is 145 Å². The quantitative estimate of drug-likeness (QED) is 0.195. The molecule has 0 unspecified atom stereocenters. The van der Waals surface area contributed by atoms with Gasteiger partial charge in [0.05, 0.1) is 11.1 Å². The van der Waals surface area contributed by atoms with Crippen LogP contribution < -0.4 is 0 Å². The Morgan fingerprint density at radius 2 is 1.02 bits per heavy atom. The van der Waals surface area contributed by atoms with Crippen LogP contribution >= 0.6 is 0 Å². The Balaban J connectivity index is 1.12. The van der Waals surface area contributed by atoms with E-state index in [1.807, 2.05) is 22.9 Å². The lowest BCUT2D eigenvalue weighted by atomic mass is 9.70. The van der Waals surface area contributed by atoms with Crippen LogP contribution in [-0.2, 0) is 5.41 Å².